The molecule has 1 rings (SSSR count). The van der Waals surface area contributed by atoms with Crippen LogP contribution in [0.3, 0.4) is 0 Å². The van der Waals surface area contributed by atoms with Gasteiger partial charge in [-0.25, -0.2) is 4.79 Å². The molecule has 0 bridgehead atoms. The highest BCUT2D eigenvalue weighted by Gasteiger charge is 2.25. The number of carboxylic acid groups (broad SMARTS) is 1. The van der Waals surface area contributed by atoms with Gasteiger partial charge in [-0.3, -0.25) is 0 Å². The van der Waals surface area contributed by atoms with Crippen molar-refractivity contribution in [3.63, 3.8) is 0 Å². The fourth-order valence-electron chi connectivity index (χ4n) is 1.27. The maximum atomic E-state index is 11.0. The van der Waals surface area contributed by atoms with Crippen LogP contribution in [0.15, 0.2) is 30.3 Å². The third-order valence-electron chi connectivity index (χ3n) is 2.41. The highest BCUT2D eigenvalue weighted by molar-refractivity contribution is 5.73. The van der Waals surface area contributed by atoms with Crippen molar-refractivity contribution in [2.75, 3.05) is 0 Å². The van der Waals surface area contributed by atoms with Crippen molar-refractivity contribution in [3.05, 3.63) is 30.3 Å². The molecule has 0 saturated heterocycles. The molecule has 3 nitrogen and oxygen atoms in total. The fourth-order valence-corrected chi connectivity index (χ4v) is 1.27. The lowest BCUT2D eigenvalue weighted by molar-refractivity contribution is -0.147. The van der Waals surface area contributed by atoms with Crippen molar-refractivity contribution in [1.29, 1.82) is 0 Å². The van der Waals surface area contributed by atoms with E-state index in [4.69, 9.17) is 9.84 Å². The van der Waals surface area contributed by atoms with Gasteiger partial charge in [0.25, 0.3) is 0 Å². The maximum Gasteiger partial charge on any atom is 0.345 e. The van der Waals surface area contributed by atoms with Crippen molar-refractivity contribution >= 4 is 5.97 Å². The Hall–Kier alpha value is -1.51. The lowest BCUT2D eigenvalue weighted by Gasteiger charge is -2.20. The molecule has 0 aromatic heterocycles. The Balaban J connectivity index is 2.71. The summed E-state index contributed by atoms with van der Waals surface area (Å²) in [6.07, 6.45) is 0.0153. The first-order valence-electron chi connectivity index (χ1n) is 5.09. The van der Waals surface area contributed by atoms with Crippen LogP contribution < -0.4 is 4.74 Å². The van der Waals surface area contributed by atoms with E-state index in [1.165, 1.54) is 0 Å². The molecule has 3 heteroatoms. The first kappa shape index (κ1) is 11.6. The number of para-hydroxylation sites is 1. The Morgan fingerprint density at radius 1 is 1.40 bits per heavy atom. The second-order valence-electron chi connectivity index (χ2n) is 3.58. The topological polar surface area (TPSA) is 46.5 Å². The molecule has 2 atom stereocenters. The van der Waals surface area contributed by atoms with Crippen LogP contribution in [-0.4, -0.2) is 17.2 Å². The van der Waals surface area contributed by atoms with Crippen LogP contribution in [-0.2, 0) is 4.79 Å². The minimum absolute atomic E-state index is 0.00251. The highest BCUT2D eigenvalue weighted by atomic mass is 16.5. The number of benzene rings is 1. The van der Waals surface area contributed by atoms with Crippen molar-refractivity contribution < 1.29 is 14.6 Å². The molecule has 2 unspecified atom stereocenters. The minimum Gasteiger partial charge on any atom is -0.478 e. The summed E-state index contributed by atoms with van der Waals surface area (Å²) in [5.41, 5.74) is 0. The van der Waals surface area contributed by atoms with Crippen LogP contribution in [0.5, 0.6) is 5.75 Å². The van der Waals surface area contributed by atoms with Gasteiger partial charge in [0.2, 0.25) is 0 Å². The van der Waals surface area contributed by atoms with Crippen LogP contribution in [0.4, 0.5) is 0 Å². The summed E-state index contributed by atoms with van der Waals surface area (Å²) < 4.78 is 5.43. The molecule has 1 aromatic rings. The van der Waals surface area contributed by atoms with Crippen molar-refractivity contribution in [1.82, 2.24) is 0 Å². The summed E-state index contributed by atoms with van der Waals surface area (Å²) in [6.45, 7) is 3.83. The number of carboxylic acids is 1. The Kier molecular flexibility index (Phi) is 4.16. The van der Waals surface area contributed by atoms with Gasteiger partial charge < -0.3 is 9.84 Å². The summed E-state index contributed by atoms with van der Waals surface area (Å²) in [5.74, 6) is -0.305. The molecule has 0 amide bonds. The number of aliphatic carboxylic acids is 1. The van der Waals surface area contributed by atoms with Crippen LogP contribution in [0, 0.1) is 5.92 Å². The number of hydrogen-bond donors (Lipinski definition) is 1. The first-order chi connectivity index (χ1) is 7.15. The quantitative estimate of drug-likeness (QED) is 0.808. The summed E-state index contributed by atoms with van der Waals surface area (Å²) >= 11 is 0. The summed E-state index contributed by atoms with van der Waals surface area (Å²) in [6, 6.07) is 9.04. The Labute approximate surface area is 89.7 Å². The second-order valence-corrected chi connectivity index (χ2v) is 3.58. The van der Waals surface area contributed by atoms with E-state index in [1.54, 1.807) is 12.1 Å². The van der Waals surface area contributed by atoms with Gasteiger partial charge >= 0.3 is 5.97 Å². The van der Waals surface area contributed by atoms with E-state index in [0.29, 0.717) is 5.75 Å². The summed E-state index contributed by atoms with van der Waals surface area (Å²) in [4.78, 5) is 11.0. The predicted octanol–water partition coefficient (Wildman–Crippen LogP) is 2.56. The van der Waals surface area contributed by atoms with E-state index < -0.39 is 12.1 Å². The summed E-state index contributed by atoms with van der Waals surface area (Å²) in [7, 11) is 0. The van der Waals surface area contributed by atoms with Gasteiger partial charge in [-0.1, -0.05) is 32.0 Å². The van der Waals surface area contributed by atoms with Crippen LogP contribution in [0.2, 0.25) is 0 Å². The van der Waals surface area contributed by atoms with Crippen LogP contribution in [0.1, 0.15) is 20.3 Å². The molecule has 1 N–H and O–H groups in total. The van der Waals surface area contributed by atoms with Crippen LogP contribution in [0.25, 0.3) is 0 Å². The van der Waals surface area contributed by atoms with Gasteiger partial charge in [-0.05, 0) is 18.6 Å². The molecular formula is C12H16O3. The third kappa shape index (κ3) is 3.27. The fraction of sp³-hybridized carbons (Fsp3) is 0.417. The standard InChI is InChI=1S/C12H16O3/c1-3-9(2)11(12(13)14)15-10-7-5-4-6-8-10/h4-9,11H,3H2,1-2H3,(H,13,14). The third-order valence-corrected chi connectivity index (χ3v) is 2.41. The monoisotopic (exact) mass is 208 g/mol. The van der Waals surface area contributed by atoms with E-state index in [9.17, 15) is 4.79 Å². The zero-order valence-electron chi connectivity index (χ0n) is 9.01. The molecule has 0 saturated carbocycles. The molecule has 0 spiro atoms. The van der Waals surface area contributed by atoms with E-state index >= 15 is 0 Å². The summed E-state index contributed by atoms with van der Waals surface area (Å²) in [5, 5.41) is 9.01. The first-order valence-corrected chi connectivity index (χ1v) is 5.09. The molecule has 0 aliphatic carbocycles. The Bertz CT molecular complexity index is 308. The van der Waals surface area contributed by atoms with Crippen molar-refractivity contribution in [2.24, 2.45) is 5.92 Å². The average molecular weight is 208 g/mol. The smallest absolute Gasteiger partial charge is 0.345 e. The Morgan fingerprint density at radius 3 is 2.47 bits per heavy atom. The van der Waals surface area contributed by atoms with Gasteiger partial charge in [-0.15, -0.1) is 0 Å². The van der Waals surface area contributed by atoms with Crippen molar-refractivity contribution in [2.45, 2.75) is 26.4 Å². The normalized spacial score (nSPS) is 14.3. The average Bonchev–Trinajstić information content (AvgIpc) is 2.26. The predicted molar refractivity (Wildman–Crippen MR) is 57.9 cm³/mol. The molecule has 1 aromatic carbocycles. The molecule has 15 heavy (non-hydrogen) atoms. The lowest BCUT2D eigenvalue weighted by Crippen LogP contribution is -2.33. The van der Waals surface area contributed by atoms with Crippen molar-refractivity contribution in [3.8, 4) is 5.75 Å². The number of rotatable bonds is 5. The highest BCUT2D eigenvalue weighted by Crippen LogP contribution is 2.17. The largest absolute Gasteiger partial charge is 0.478 e. The number of ether oxygens (including phenoxy) is 1. The van der Waals surface area contributed by atoms with Gasteiger partial charge in [0.1, 0.15) is 5.75 Å². The Morgan fingerprint density at radius 2 is 2.00 bits per heavy atom. The molecule has 0 aliphatic rings. The molecule has 0 heterocycles. The lowest BCUT2D eigenvalue weighted by atomic mass is 10.0. The van der Waals surface area contributed by atoms with Gasteiger partial charge in [0, 0.05) is 5.92 Å². The van der Waals surface area contributed by atoms with E-state index in [2.05, 4.69) is 0 Å². The van der Waals surface area contributed by atoms with E-state index in [1.807, 2.05) is 32.0 Å². The maximum absolute atomic E-state index is 11.0. The van der Waals surface area contributed by atoms with E-state index in [-0.39, 0.29) is 5.92 Å². The molecule has 0 aliphatic heterocycles. The zero-order valence-corrected chi connectivity index (χ0v) is 9.01. The second kappa shape index (κ2) is 5.39. The van der Waals surface area contributed by atoms with Crippen LogP contribution >= 0.6 is 0 Å². The number of hydrogen-bond acceptors (Lipinski definition) is 2. The molecule has 0 radical (unpaired) electrons. The minimum atomic E-state index is -0.909. The van der Waals surface area contributed by atoms with E-state index in [0.717, 1.165) is 6.42 Å². The zero-order chi connectivity index (χ0) is 11.3. The van der Waals surface area contributed by atoms with Gasteiger partial charge in [0.05, 0.1) is 0 Å². The molecule has 82 valence electrons. The molecule has 0 fully saturated rings. The SMILES string of the molecule is CCC(C)C(Oc1ccccc1)C(=O)O. The molecular weight excluding hydrogens is 192 g/mol. The number of carbonyl (C=O) groups is 1. The van der Waals surface area contributed by atoms with Gasteiger partial charge in [-0.2, -0.15) is 0 Å². The van der Waals surface area contributed by atoms with Gasteiger partial charge in [0.15, 0.2) is 6.10 Å².